The third kappa shape index (κ3) is 16.4. The number of nitrogens with one attached hydrogen (secondary N) is 3. The number of nitrogens with two attached hydrogens (primary N) is 3. The molecule has 0 radical (unpaired) electrons. The SMILES string of the molecule is C/C=C/[NH2+]C(=O)[C@H](CCCNC(N)=O)NC(=O)CNC(=O)CN.CCC. The molecular formula is C16H33N6O4+. The molecule has 5 amide bonds. The molecule has 1 atom stereocenters. The molecule has 150 valence electrons. The Morgan fingerprint density at radius 3 is 2.23 bits per heavy atom. The second-order valence-corrected chi connectivity index (χ2v) is 5.34. The van der Waals surface area contributed by atoms with Gasteiger partial charge in [0.15, 0.2) is 0 Å². The van der Waals surface area contributed by atoms with Gasteiger partial charge in [-0.1, -0.05) is 20.3 Å². The number of quaternary nitrogens is 1. The lowest BCUT2D eigenvalue weighted by molar-refractivity contribution is -0.501. The van der Waals surface area contributed by atoms with Crippen LogP contribution in [-0.4, -0.2) is 49.4 Å². The third-order valence-electron chi connectivity index (χ3n) is 2.73. The minimum Gasteiger partial charge on any atom is -0.352 e. The first-order valence-corrected chi connectivity index (χ1v) is 8.61. The third-order valence-corrected chi connectivity index (χ3v) is 2.73. The maximum absolute atomic E-state index is 12.0. The van der Waals surface area contributed by atoms with Gasteiger partial charge in [-0.2, -0.15) is 0 Å². The first-order chi connectivity index (χ1) is 12.3. The smallest absolute Gasteiger partial charge is 0.337 e. The molecule has 10 nitrogen and oxygen atoms in total. The summed E-state index contributed by atoms with van der Waals surface area (Å²) in [6.07, 6.45) is 5.29. The van der Waals surface area contributed by atoms with Crippen LogP contribution in [0.4, 0.5) is 4.79 Å². The predicted molar refractivity (Wildman–Crippen MR) is 98.5 cm³/mol. The molecule has 0 saturated carbocycles. The second-order valence-electron chi connectivity index (χ2n) is 5.34. The number of amides is 5. The molecule has 0 fully saturated rings. The lowest BCUT2D eigenvalue weighted by atomic mass is 10.1. The Morgan fingerprint density at radius 2 is 1.73 bits per heavy atom. The first-order valence-electron chi connectivity index (χ1n) is 8.61. The van der Waals surface area contributed by atoms with Crippen LogP contribution in [0.1, 0.15) is 40.0 Å². The molecule has 26 heavy (non-hydrogen) atoms. The summed E-state index contributed by atoms with van der Waals surface area (Å²) in [5, 5.41) is 8.61. The van der Waals surface area contributed by atoms with Crippen LogP contribution in [-0.2, 0) is 14.4 Å². The molecule has 0 spiro atoms. The summed E-state index contributed by atoms with van der Waals surface area (Å²) < 4.78 is 0. The number of hydrogen-bond acceptors (Lipinski definition) is 5. The van der Waals surface area contributed by atoms with E-state index in [-0.39, 0.29) is 19.0 Å². The first kappa shape index (κ1) is 25.8. The lowest BCUT2D eigenvalue weighted by Gasteiger charge is -2.15. The molecule has 0 aliphatic heterocycles. The van der Waals surface area contributed by atoms with Gasteiger partial charge in [0.25, 0.3) is 0 Å². The van der Waals surface area contributed by atoms with Gasteiger partial charge in [-0.05, 0) is 25.8 Å². The average Bonchev–Trinajstić information content (AvgIpc) is 2.60. The molecule has 0 aromatic rings. The Hall–Kier alpha value is -2.46. The van der Waals surface area contributed by atoms with E-state index in [1.165, 1.54) is 11.7 Å². The highest BCUT2D eigenvalue weighted by molar-refractivity contribution is 5.88. The number of primary amides is 2. The highest BCUT2D eigenvalue weighted by atomic mass is 16.2. The van der Waals surface area contributed by atoms with E-state index in [4.69, 9.17) is 11.5 Å². The summed E-state index contributed by atoms with van der Waals surface area (Å²) in [5.74, 6) is -1.24. The van der Waals surface area contributed by atoms with Gasteiger partial charge in [-0.25, -0.2) is 9.59 Å². The largest absolute Gasteiger partial charge is 0.352 e. The van der Waals surface area contributed by atoms with E-state index in [0.717, 1.165) is 0 Å². The summed E-state index contributed by atoms with van der Waals surface area (Å²) in [5.41, 5.74) is 10.1. The Kier molecular flexibility index (Phi) is 17.2. The minimum absolute atomic E-state index is 0.219. The summed E-state index contributed by atoms with van der Waals surface area (Å²) >= 11 is 0. The monoisotopic (exact) mass is 373 g/mol. The van der Waals surface area contributed by atoms with E-state index >= 15 is 0 Å². The minimum atomic E-state index is -0.747. The number of rotatable bonds is 10. The van der Waals surface area contributed by atoms with E-state index in [1.54, 1.807) is 19.2 Å². The second kappa shape index (κ2) is 17.4. The maximum atomic E-state index is 12.0. The Bertz CT molecular complexity index is 468. The highest BCUT2D eigenvalue weighted by Crippen LogP contribution is 1.95. The molecule has 10 heteroatoms. The summed E-state index contributed by atoms with van der Waals surface area (Å²) in [7, 11) is 0. The van der Waals surface area contributed by atoms with Crippen LogP contribution in [0.3, 0.4) is 0 Å². The summed E-state index contributed by atoms with van der Waals surface area (Å²) in [6, 6.07) is -1.40. The van der Waals surface area contributed by atoms with Crippen molar-refractivity contribution < 1.29 is 24.5 Å². The molecule has 0 aliphatic carbocycles. The zero-order chi connectivity index (χ0) is 20.4. The standard InChI is InChI=1S/C13H24N6O4.C3H8/c1-2-5-16-12(22)9(4-3-6-17-13(15)23)19-11(21)8-18-10(20)7-14;1-3-2/h2,5,9H,3-4,6-8,14H2,1H3,(H,16,22)(H,18,20)(H,19,21)(H3,15,17,23);3H2,1-2H3/p+1/b5-2+;/t9-;/m0./s1. The van der Waals surface area contributed by atoms with Crippen LogP contribution in [0.2, 0.25) is 0 Å². The molecule has 0 heterocycles. The normalized spacial score (nSPS) is 11.1. The van der Waals surface area contributed by atoms with Crippen molar-refractivity contribution in [3.8, 4) is 0 Å². The zero-order valence-corrected chi connectivity index (χ0v) is 15.8. The van der Waals surface area contributed by atoms with Gasteiger partial charge in [0.1, 0.15) is 6.04 Å². The fourth-order valence-corrected chi connectivity index (χ4v) is 1.61. The molecular weight excluding hydrogens is 340 g/mol. The molecule has 0 aromatic carbocycles. The van der Waals surface area contributed by atoms with Crippen molar-refractivity contribution in [2.75, 3.05) is 19.6 Å². The van der Waals surface area contributed by atoms with Gasteiger partial charge < -0.3 is 27.4 Å². The molecule has 0 aromatic heterocycles. The molecule has 0 bridgehead atoms. The van der Waals surface area contributed by atoms with Gasteiger partial charge >= 0.3 is 11.9 Å². The molecule has 0 aliphatic rings. The Balaban J connectivity index is 0. The van der Waals surface area contributed by atoms with E-state index in [2.05, 4.69) is 29.8 Å². The van der Waals surface area contributed by atoms with Crippen LogP contribution in [0.25, 0.3) is 0 Å². The number of carbonyl (C=O) groups is 4. The van der Waals surface area contributed by atoms with Crippen LogP contribution in [0.5, 0.6) is 0 Å². The van der Waals surface area contributed by atoms with E-state index in [0.29, 0.717) is 19.4 Å². The molecule has 0 rings (SSSR count). The Labute approximate surface area is 154 Å². The number of hydrogen-bond donors (Lipinski definition) is 6. The molecule has 9 N–H and O–H groups in total. The predicted octanol–water partition coefficient (Wildman–Crippen LogP) is -1.97. The zero-order valence-electron chi connectivity index (χ0n) is 15.8. The average molecular weight is 373 g/mol. The van der Waals surface area contributed by atoms with E-state index in [1.807, 2.05) is 0 Å². The van der Waals surface area contributed by atoms with Crippen molar-refractivity contribution in [2.45, 2.75) is 46.1 Å². The van der Waals surface area contributed by atoms with Crippen LogP contribution >= 0.6 is 0 Å². The molecule has 0 unspecified atom stereocenters. The van der Waals surface area contributed by atoms with Gasteiger partial charge in [-0.3, -0.25) is 14.9 Å². The Morgan fingerprint density at radius 1 is 1.12 bits per heavy atom. The van der Waals surface area contributed by atoms with Crippen LogP contribution in [0, 0.1) is 0 Å². The molecule has 0 saturated heterocycles. The van der Waals surface area contributed by atoms with Crippen molar-refractivity contribution in [1.82, 2.24) is 16.0 Å². The maximum Gasteiger partial charge on any atom is 0.337 e. The fraction of sp³-hybridized carbons (Fsp3) is 0.625. The van der Waals surface area contributed by atoms with Crippen molar-refractivity contribution in [3.63, 3.8) is 0 Å². The number of urea groups is 1. The van der Waals surface area contributed by atoms with Gasteiger partial charge in [0, 0.05) is 6.54 Å². The van der Waals surface area contributed by atoms with E-state index in [9.17, 15) is 19.2 Å². The number of allylic oxidation sites excluding steroid dienone is 1. The van der Waals surface area contributed by atoms with Gasteiger partial charge in [0.2, 0.25) is 11.8 Å². The number of carbonyl (C=O) groups excluding carboxylic acids is 4. The highest BCUT2D eigenvalue weighted by Gasteiger charge is 2.23. The van der Waals surface area contributed by atoms with Gasteiger partial charge in [-0.15, -0.1) is 0 Å². The fourth-order valence-electron chi connectivity index (χ4n) is 1.61. The quantitative estimate of drug-likeness (QED) is 0.243. The summed E-state index contributed by atoms with van der Waals surface area (Å²) in [6.45, 7) is 5.82. The van der Waals surface area contributed by atoms with Gasteiger partial charge in [0.05, 0.1) is 19.3 Å². The van der Waals surface area contributed by atoms with Crippen molar-refractivity contribution in [1.29, 1.82) is 0 Å². The summed E-state index contributed by atoms with van der Waals surface area (Å²) in [4.78, 5) is 45.4. The lowest BCUT2D eigenvalue weighted by Crippen LogP contribution is -2.86. The van der Waals surface area contributed by atoms with Crippen molar-refractivity contribution in [2.24, 2.45) is 11.5 Å². The van der Waals surface area contributed by atoms with E-state index < -0.39 is 23.9 Å². The van der Waals surface area contributed by atoms with Crippen LogP contribution < -0.4 is 32.7 Å². The topological polar surface area (TPSA) is 173 Å². The van der Waals surface area contributed by atoms with Crippen LogP contribution in [0.15, 0.2) is 12.3 Å². The van der Waals surface area contributed by atoms with Crippen molar-refractivity contribution >= 4 is 23.8 Å². The van der Waals surface area contributed by atoms with Crippen molar-refractivity contribution in [3.05, 3.63) is 12.3 Å².